The van der Waals surface area contributed by atoms with Crippen molar-refractivity contribution in [3.63, 3.8) is 0 Å². The lowest BCUT2D eigenvalue weighted by Gasteiger charge is -2.37. The van der Waals surface area contributed by atoms with Crippen LogP contribution in [0.4, 0.5) is 5.69 Å². The highest BCUT2D eigenvalue weighted by atomic mass is 35.5. The Morgan fingerprint density at radius 1 is 1.35 bits per heavy atom. The van der Waals surface area contributed by atoms with Crippen molar-refractivity contribution in [1.29, 1.82) is 0 Å². The molecule has 2 atom stereocenters. The fourth-order valence-electron chi connectivity index (χ4n) is 4.19. The van der Waals surface area contributed by atoms with Crippen molar-refractivity contribution >= 4 is 36.4 Å². The molecule has 1 saturated heterocycles. The third-order valence-electron chi connectivity index (χ3n) is 5.49. The van der Waals surface area contributed by atoms with Crippen LogP contribution in [-0.4, -0.2) is 33.8 Å². The molecule has 0 spiro atoms. The van der Waals surface area contributed by atoms with Gasteiger partial charge in [-0.1, -0.05) is 25.0 Å². The molecule has 0 unspecified atom stereocenters. The van der Waals surface area contributed by atoms with E-state index < -0.39 is 0 Å². The minimum Gasteiger partial charge on any atom is -0.326 e. The highest BCUT2D eigenvalue weighted by Crippen LogP contribution is 2.44. The average molecular weight is 398 g/mol. The Bertz CT molecular complexity index is 724. The van der Waals surface area contributed by atoms with E-state index in [2.05, 4.69) is 20.7 Å². The number of hydrogen-bond acceptors (Lipinski definition) is 4. The lowest BCUT2D eigenvalue weighted by atomic mass is 9.67. The summed E-state index contributed by atoms with van der Waals surface area (Å²) in [6, 6.07) is 8.00. The molecule has 8 heteroatoms. The molecule has 1 aromatic carbocycles. The fraction of sp³-hybridized carbons (Fsp3) is 0.500. The first-order valence-electron chi connectivity index (χ1n) is 8.70. The predicted molar refractivity (Wildman–Crippen MR) is 106 cm³/mol. The smallest absolute Gasteiger partial charge is 0.232 e. The summed E-state index contributed by atoms with van der Waals surface area (Å²) >= 11 is 0. The molecule has 1 aliphatic carbocycles. The molecule has 1 aliphatic heterocycles. The van der Waals surface area contributed by atoms with Gasteiger partial charge >= 0.3 is 0 Å². The third-order valence-corrected chi connectivity index (χ3v) is 5.49. The van der Waals surface area contributed by atoms with Crippen molar-refractivity contribution in [2.24, 2.45) is 11.3 Å². The first-order chi connectivity index (χ1) is 11.8. The van der Waals surface area contributed by atoms with Crippen LogP contribution in [0, 0.1) is 11.3 Å². The van der Waals surface area contributed by atoms with E-state index in [1.807, 2.05) is 24.3 Å². The number of carbonyl (C=O) groups excluding carboxylic acids is 1. The minimum absolute atomic E-state index is 0. The van der Waals surface area contributed by atoms with E-state index in [1.54, 1.807) is 11.0 Å². The molecule has 1 amide bonds. The van der Waals surface area contributed by atoms with Gasteiger partial charge in [-0.15, -0.1) is 24.8 Å². The van der Waals surface area contributed by atoms with Gasteiger partial charge in [0.25, 0.3) is 0 Å². The number of fused-ring (bicyclic) bond motifs is 1. The Morgan fingerprint density at radius 2 is 2.23 bits per heavy atom. The zero-order valence-corrected chi connectivity index (χ0v) is 16.2. The standard InChI is InChI=1S/C18H23N5O.2ClH/c24-17(18-7-2-1-5-15(18)9-19-11-18)22-16-6-3-4-14(8-16)10-23-13-20-12-21-23;;/h3-4,6,8,12-13,15,19H,1-2,5,7,9-11H2,(H,22,24);2*1H/t15-,18+;;/m0../s1. The molecule has 2 fully saturated rings. The van der Waals surface area contributed by atoms with E-state index >= 15 is 0 Å². The molecule has 0 bridgehead atoms. The third kappa shape index (κ3) is 4.03. The second kappa shape index (κ2) is 8.84. The molecule has 6 nitrogen and oxygen atoms in total. The van der Waals surface area contributed by atoms with Crippen LogP contribution in [0.3, 0.4) is 0 Å². The lowest BCUT2D eigenvalue weighted by molar-refractivity contribution is -0.128. The predicted octanol–water partition coefficient (Wildman–Crippen LogP) is 2.89. The SMILES string of the molecule is Cl.Cl.O=C(Nc1cccc(Cn2cncn2)c1)[C@@]12CCCC[C@H]1CNC2. The van der Waals surface area contributed by atoms with Gasteiger partial charge in [-0.25, -0.2) is 9.67 Å². The van der Waals surface area contributed by atoms with Crippen molar-refractivity contribution in [3.05, 3.63) is 42.5 Å². The molecule has 2 N–H and O–H groups in total. The van der Waals surface area contributed by atoms with Gasteiger partial charge in [0.05, 0.1) is 12.0 Å². The lowest BCUT2D eigenvalue weighted by Crippen LogP contribution is -2.44. The Labute approximate surface area is 166 Å². The van der Waals surface area contributed by atoms with E-state index in [1.165, 1.54) is 12.7 Å². The molecule has 26 heavy (non-hydrogen) atoms. The molecule has 0 radical (unpaired) electrons. The quantitative estimate of drug-likeness (QED) is 0.831. The van der Waals surface area contributed by atoms with Crippen molar-refractivity contribution < 1.29 is 4.79 Å². The molecular formula is C18H25Cl2N5O. The maximum Gasteiger partial charge on any atom is 0.232 e. The van der Waals surface area contributed by atoms with Crippen molar-refractivity contribution in [3.8, 4) is 0 Å². The van der Waals surface area contributed by atoms with E-state index in [9.17, 15) is 4.79 Å². The molecular weight excluding hydrogens is 373 g/mol. The Kier molecular flexibility index (Phi) is 7.03. The Hall–Kier alpha value is -1.63. The van der Waals surface area contributed by atoms with Gasteiger partial charge in [0, 0.05) is 12.2 Å². The molecule has 1 aromatic heterocycles. The van der Waals surface area contributed by atoms with Gasteiger partial charge in [-0.3, -0.25) is 4.79 Å². The number of aromatic nitrogens is 3. The first-order valence-corrected chi connectivity index (χ1v) is 8.70. The van der Waals surface area contributed by atoms with E-state index in [0.717, 1.165) is 43.6 Å². The summed E-state index contributed by atoms with van der Waals surface area (Å²) in [7, 11) is 0. The number of anilines is 1. The van der Waals surface area contributed by atoms with Crippen LogP contribution in [0.1, 0.15) is 31.2 Å². The fourth-order valence-corrected chi connectivity index (χ4v) is 4.19. The Balaban J connectivity index is 0.00000121. The Morgan fingerprint density at radius 3 is 3.04 bits per heavy atom. The number of benzene rings is 1. The molecule has 142 valence electrons. The van der Waals surface area contributed by atoms with Gasteiger partial charge in [-0.05, 0) is 43.0 Å². The molecule has 1 saturated carbocycles. The van der Waals surface area contributed by atoms with E-state index in [4.69, 9.17) is 0 Å². The largest absolute Gasteiger partial charge is 0.326 e. The minimum atomic E-state index is -0.222. The van der Waals surface area contributed by atoms with Gasteiger partial charge in [-0.2, -0.15) is 5.10 Å². The van der Waals surface area contributed by atoms with Crippen LogP contribution >= 0.6 is 24.8 Å². The van der Waals surface area contributed by atoms with Crippen molar-refractivity contribution in [2.75, 3.05) is 18.4 Å². The summed E-state index contributed by atoms with van der Waals surface area (Å²) in [5.41, 5.74) is 1.74. The maximum atomic E-state index is 13.0. The van der Waals surface area contributed by atoms with Gasteiger partial charge in [0.15, 0.2) is 0 Å². The summed E-state index contributed by atoms with van der Waals surface area (Å²) < 4.78 is 1.78. The number of halogens is 2. The molecule has 4 rings (SSSR count). The zero-order chi connectivity index (χ0) is 16.4. The highest BCUT2D eigenvalue weighted by molar-refractivity contribution is 5.96. The van der Waals surface area contributed by atoms with Crippen LogP contribution in [-0.2, 0) is 11.3 Å². The highest BCUT2D eigenvalue weighted by Gasteiger charge is 2.49. The number of hydrogen-bond donors (Lipinski definition) is 2. The van der Waals surface area contributed by atoms with Gasteiger partial charge < -0.3 is 10.6 Å². The van der Waals surface area contributed by atoms with Gasteiger partial charge in [0.2, 0.25) is 5.91 Å². The van der Waals surface area contributed by atoms with Crippen LogP contribution in [0.25, 0.3) is 0 Å². The molecule has 2 aromatic rings. The van der Waals surface area contributed by atoms with Crippen LogP contribution in [0.15, 0.2) is 36.9 Å². The first kappa shape index (κ1) is 20.7. The van der Waals surface area contributed by atoms with Crippen molar-refractivity contribution in [2.45, 2.75) is 32.2 Å². The summed E-state index contributed by atoms with van der Waals surface area (Å²) in [5.74, 6) is 0.652. The van der Waals surface area contributed by atoms with Crippen LogP contribution < -0.4 is 10.6 Å². The molecule has 2 aliphatic rings. The van der Waals surface area contributed by atoms with Gasteiger partial charge in [0.1, 0.15) is 12.7 Å². The number of carbonyl (C=O) groups is 1. The number of nitrogens with one attached hydrogen (secondary N) is 2. The van der Waals surface area contributed by atoms with E-state index in [-0.39, 0.29) is 36.1 Å². The normalized spacial score (nSPS) is 24.1. The number of nitrogens with zero attached hydrogens (tertiary/aromatic N) is 3. The monoisotopic (exact) mass is 397 g/mol. The summed E-state index contributed by atoms with van der Waals surface area (Å²) in [6.07, 6.45) is 7.77. The second-order valence-electron chi connectivity index (χ2n) is 6.98. The average Bonchev–Trinajstić information content (AvgIpc) is 3.24. The summed E-state index contributed by atoms with van der Waals surface area (Å²) in [5, 5.41) is 10.7. The van der Waals surface area contributed by atoms with E-state index in [0.29, 0.717) is 12.5 Å². The van der Waals surface area contributed by atoms with Crippen LogP contribution in [0.5, 0.6) is 0 Å². The molecule has 2 heterocycles. The zero-order valence-electron chi connectivity index (χ0n) is 14.6. The van der Waals surface area contributed by atoms with Crippen LogP contribution in [0.2, 0.25) is 0 Å². The topological polar surface area (TPSA) is 71.8 Å². The summed E-state index contributed by atoms with van der Waals surface area (Å²) in [4.78, 5) is 17.0. The maximum absolute atomic E-state index is 13.0. The van der Waals surface area contributed by atoms with Crippen molar-refractivity contribution in [1.82, 2.24) is 20.1 Å². The summed E-state index contributed by atoms with van der Waals surface area (Å²) in [6.45, 7) is 2.43. The number of rotatable bonds is 4. The number of amides is 1. The second-order valence-corrected chi connectivity index (χ2v) is 6.98.